The Kier molecular flexibility index (Phi) is 3.39. The van der Waals surface area contributed by atoms with Crippen LogP contribution in [0.4, 0.5) is 0 Å². The molecule has 1 heterocycles. The quantitative estimate of drug-likeness (QED) is 0.402. The van der Waals surface area contributed by atoms with Gasteiger partial charge in [0.05, 0.1) is 7.11 Å². The number of hydrogen-bond donors (Lipinski definition) is 1. The summed E-state index contributed by atoms with van der Waals surface area (Å²) in [6.07, 6.45) is -0.236. The molecule has 4 heteroatoms. The van der Waals surface area contributed by atoms with Gasteiger partial charge in [0, 0.05) is 5.56 Å². The summed E-state index contributed by atoms with van der Waals surface area (Å²) in [5.41, 5.74) is 2.46. The Morgan fingerprint density at radius 1 is 1.10 bits per heavy atom. The van der Waals surface area contributed by atoms with Crippen molar-refractivity contribution in [1.82, 2.24) is 0 Å². The molecule has 0 bridgehead atoms. The first-order valence-corrected chi connectivity index (χ1v) is 6.40. The van der Waals surface area contributed by atoms with E-state index in [-0.39, 0.29) is 12.2 Å². The lowest BCUT2D eigenvalue weighted by Gasteiger charge is -2.03. The molecule has 0 radical (unpaired) electrons. The third kappa shape index (κ3) is 2.38. The summed E-state index contributed by atoms with van der Waals surface area (Å²) < 4.78 is 10.8. The second-order valence-corrected chi connectivity index (χ2v) is 4.60. The summed E-state index contributed by atoms with van der Waals surface area (Å²) in [7, 11) is 1.62. The van der Waals surface area contributed by atoms with Gasteiger partial charge in [-0.25, -0.2) is 0 Å². The smallest absolute Gasteiger partial charge is 0.135 e. The number of methoxy groups -OCH3 is 1. The molecule has 3 rings (SSSR count). The normalized spacial score (nSPS) is 21.6. The van der Waals surface area contributed by atoms with Gasteiger partial charge in [0.2, 0.25) is 0 Å². The monoisotopic (exact) mass is 269 g/mol. The molecule has 2 unspecified atom stereocenters. The molecule has 1 saturated heterocycles. The van der Waals surface area contributed by atoms with Gasteiger partial charge in [-0.05, 0) is 29.8 Å². The Hall–Kier alpha value is -2.33. The highest BCUT2D eigenvalue weighted by Gasteiger charge is 2.44. The van der Waals surface area contributed by atoms with Crippen LogP contribution in [0.1, 0.15) is 17.2 Å². The Labute approximate surface area is 117 Å². The van der Waals surface area contributed by atoms with Crippen LogP contribution in [0, 0.1) is 0 Å². The molecule has 0 aromatic heterocycles. The summed E-state index contributed by atoms with van der Waals surface area (Å²) in [6, 6.07) is 17.3. The fourth-order valence-electron chi connectivity index (χ4n) is 2.26. The predicted molar refractivity (Wildman–Crippen MR) is 75.4 cm³/mol. The van der Waals surface area contributed by atoms with Crippen LogP contribution in [0.3, 0.4) is 0 Å². The molecule has 0 saturated carbocycles. The highest BCUT2D eigenvalue weighted by atomic mass is 16.6. The first-order valence-electron chi connectivity index (χ1n) is 6.40. The third-order valence-corrected chi connectivity index (χ3v) is 3.38. The van der Waals surface area contributed by atoms with Crippen LogP contribution in [-0.4, -0.2) is 24.1 Å². The standard InChI is InChI=1S/C16H15NO3/c1-19-13-9-7-11(8-10-13)14(17-18)16-15(20-16)12-5-3-2-4-6-12/h2-10,15-16,18H,1H3/b17-14+. The minimum atomic E-state index is -0.198. The first-order chi connectivity index (χ1) is 9.83. The van der Waals surface area contributed by atoms with Gasteiger partial charge < -0.3 is 14.7 Å². The zero-order valence-electron chi connectivity index (χ0n) is 11.1. The summed E-state index contributed by atoms with van der Waals surface area (Å²) in [5.74, 6) is 0.766. The average molecular weight is 269 g/mol. The van der Waals surface area contributed by atoms with Crippen molar-refractivity contribution in [2.24, 2.45) is 5.16 Å². The van der Waals surface area contributed by atoms with E-state index in [0.717, 1.165) is 16.9 Å². The van der Waals surface area contributed by atoms with Crippen LogP contribution in [0.2, 0.25) is 0 Å². The zero-order chi connectivity index (χ0) is 13.9. The maximum atomic E-state index is 9.26. The van der Waals surface area contributed by atoms with E-state index >= 15 is 0 Å². The molecule has 20 heavy (non-hydrogen) atoms. The lowest BCUT2D eigenvalue weighted by Crippen LogP contribution is -2.10. The third-order valence-electron chi connectivity index (χ3n) is 3.38. The molecule has 0 amide bonds. The Bertz CT molecular complexity index is 607. The second kappa shape index (κ2) is 5.35. The van der Waals surface area contributed by atoms with E-state index in [1.54, 1.807) is 7.11 Å². The topological polar surface area (TPSA) is 54.4 Å². The van der Waals surface area contributed by atoms with E-state index < -0.39 is 0 Å². The Balaban J connectivity index is 1.79. The van der Waals surface area contributed by atoms with Crippen molar-refractivity contribution in [3.8, 4) is 5.75 Å². The SMILES string of the molecule is COc1ccc(/C(=N\O)C2OC2c2ccccc2)cc1. The molecule has 1 N–H and O–H groups in total. The lowest BCUT2D eigenvalue weighted by atomic mass is 10.0. The fourth-order valence-corrected chi connectivity index (χ4v) is 2.26. The van der Waals surface area contributed by atoms with Crippen molar-refractivity contribution in [2.75, 3.05) is 7.11 Å². The maximum Gasteiger partial charge on any atom is 0.135 e. The molecule has 4 nitrogen and oxygen atoms in total. The molecular weight excluding hydrogens is 254 g/mol. The van der Waals surface area contributed by atoms with Crippen molar-refractivity contribution in [3.05, 3.63) is 65.7 Å². The molecule has 102 valence electrons. The van der Waals surface area contributed by atoms with Gasteiger partial charge in [0.1, 0.15) is 23.7 Å². The summed E-state index contributed by atoms with van der Waals surface area (Å²) in [5, 5.41) is 12.7. The molecule has 2 atom stereocenters. The maximum absolute atomic E-state index is 9.26. The van der Waals surface area contributed by atoms with Gasteiger partial charge in [-0.3, -0.25) is 0 Å². The molecule has 2 aromatic carbocycles. The number of hydrogen-bond acceptors (Lipinski definition) is 4. The van der Waals surface area contributed by atoms with Gasteiger partial charge in [-0.15, -0.1) is 0 Å². The summed E-state index contributed by atoms with van der Waals surface area (Å²) in [6.45, 7) is 0. The minimum absolute atomic E-state index is 0.0378. The number of ether oxygens (including phenoxy) is 2. The minimum Gasteiger partial charge on any atom is -0.497 e. The fraction of sp³-hybridized carbons (Fsp3) is 0.188. The van der Waals surface area contributed by atoms with Crippen LogP contribution in [-0.2, 0) is 4.74 Å². The van der Waals surface area contributed by atoms with Gasteiger partial charge in [-0.1, -0.05) is 35.5 Å². The van der Waals surface area contributed by atoms with Crippen LogP contribution in [0.5, 0.6) is 5.75 Å². The van der Waals surface area contributed by atoms with E-state index in [1.807, 2.05) is 54.6 Å². The zero-order valence-corrected chi connectivity index (χ0v) is 11.1. The van der Waals surface area contributed by atoms with Gasteiger partial charge in [-0.2, -0.15) is 0 Å². The van der Waals surface area contributed by atoms with Crippen molar-refractivity contribution >= 4 is 5.71 Å². The average Bonchev–Trinajstić information content (AvgIpc) is 3.30. The Morgan fingerprint density at radius 3 is 2.40 bits per heavy atom. The predicted octanol–water partition coefficient (Wildman–Crippen LogP) is 3.01. The van der Waals surface area contributed by atoms with Crippen molar-refractivity contribution in [2.45, 2.75) is 12.2 Å². The van der Waals surface area contributed by atoms with Crippen molar-refractivity contribution in [3.63, 3.8) is 0 Å². The van der Waals surface area contributed by atoms with Crippen LogP contribution < -0.4 is 4.74 Å². The van der Waals surface area contributed by atoms with Crippen LogP contribution in [0.25, 0.3) is 0 Å². The van der Waals surface area contributed by atoms with Crippen molar-refractivity contribution < 1.29 is 14.7 Å². The van der Waals surface area contributed by atoms with E-state index in [1.165, 1.54) is 0 Å². The van der Waals surface area contributed by atoms with Crippen LogP contribution in [0.15, 0.2) is 59.8 Å². The first kappa shape index (κ1) is 12.7. The number of rotatable bonds is 4. The molecule has 2 aromatic rings. The molecule has 0 spiro atoms. The molecule has 1 fully saturated rings. The number of oxime groups is 1. The molecule has 1 aliphatic heterocycles. The van der Waals surface area contributed by atoms with Gasteiger partial charge in [0.25, 0.3) is 0 Å². The second-order valence-electron chi connectivity index (χ2n) is 4.60. The highest BCUT2D eigenvalue weighted by Crippen LogP contribution is 2.40. The number of nitrogens with zero attached hydrogens (tertiary/aromatic N) is 1. The van der Waals surface area contributed by atoms with E-state index in [2.05, 4.69) is 5.16 Å². The van der Waals surface area contributed by atoms with Gasteiger partial charge in [0.15, 0.2) is 0 Å². The number of benzene rings is 2. The van der Waals surface area contributed by atoms with Crippen molar-refractivity contribution in [1.29, 1.82) is 0 Å². The summed E-state index contributed by atoms with van der Waals surface area (Å²) in [4.78, 5) is 0. The molecular formula is C16H15NO3. The molecule has 0 aliphatic carbocycles. The summed E-state index contributed by atoms with van der Waals surface area (Å²) >= 11 is 0. The Morgan fingerprint density at radius 2 is 1.80 bits per heavy atom. The lowest BCUT2D eigenvalue weighted by molar-refractivity contribution is 0.314. The largest absolute Gasteiger partial charge is 0.497 e. The van der Waals surface area contributed by atoms with E-state index in [9.17, 15) is 5.21 Å². The van der Waals surface area contributed by atoms with E-state index in [0.29, 0.717) is 5.71 Å². The van der Waals surface area contributed by atoms with Gasteiger partial charge >= 0.3 is 0 Å². The molecule has 1 aliphatic rings. The number of epoxide rings is 1. The van der Waals surface area contributed by atoms with Crippen LogP contribution >= 0.6 is 0 Å². The highest BCUT2D eigenvalue weighted by molar-refractivity contribution is 6.05. The van der Waals surface area contributed by atoms with E-state index in [4.69, 9.17) is 9.47 Å².